The van der Waals surface area contributed by atoms with E-state index in [1.807, 2.05) is 0 Å². The van der Waals surface area contributed by atoms with Crippen LogP contribution in [0.15, 0.2) is 18.2 Å². The number of halogens is 1. The third kappa shape index (κ3) is 2.55. The molecule has 1 rings (SSSR count). The van der Waals surface area contributed by atoms with E-state index in [9.17, 15) is 4.79 Å². The molecular weight excluding hydrogens is 174 g/mol. The first-order valence-corrected chi connectivity index (χ1v) is 4.07. The normalized spacial score (nSPS) is 9.50. The van der Waals surface area contributed by atoms with Gasteiger partial charge in [0, 0.05) is 23.2 Å². The van der Waals surface area contributed by atoms with Gasteiger partial charge in [0.15, 0.2) is 0 Å². The van der Waals surface area contributed by atoms with Crippen molar-refractivity contribution in [2.75, 3.05) is 5.32 Å². The van der Waals surface area contributed by atoms with E-state index in [2.05, 4.69) is 11.4 Å². The Kier molecular flexibility index (Phi) is 3.11. The van der Waals surface area contributed by atoms with E-state index >= 15 is 0 Å². The zero-order chi connectivity index (χ0) is 8.97. The number of benzene rings is 1. The van der Waals surface area contributed by atoms with Crippen molar-refractivity contribution >= 4 is 23.2 Å². The number of nitrogens with one attached hydrogen (secondary N) is 1. The van der Waals surface area contributed by atoms with Gasteiger partial charge in [-0.3, -0.25) is 4.79 Å². The fraction of sp³-hybridized carbons (Fsp3) is 0.222. The maximum atomic E-state index is 10.9. The second-order valence-corrected chi connectivity index (χ2v) is 2.73. The lowest BCUT2D eigenvalue weighted by Gasteiger charge is -2.01. The van der Waals surface area contributed by atoms with Crippen molar-refractivity contribution in [3.63, 3.8) is 0 Å². The first-order chi connectivity index (χ1) is 5.72. The molecule has 12 heavy (non-hydrogen) atoms. The van der Waals surface area contributed by atoms with E-state index in [0.717, 1.165) is 5.69 Å². The molecule has 1 radical (unpaired) electrons. The molecule has 1 aromatic carbocycles. The van der Waals surface area contributed by atoms with Gasteiger partial charge in [0.25, 0.3) is 0 Å². The van der Waals surface area contributed by atoms with Gasteiger partial charge in [-0.1, -0.05) is 18.5 Å². The minimum absolute atomic E-state index is 0.00859. The van der Waals surface area contributed by atoms with Gasteiger partial charge >= 0.3 is 0 Å². The third-order valence-electron chi connectivity index (χ3n) is 1.38. The van der Waals surface area contributed by atoms with E-state index in [-0.39, 0.29) is 5.91 Å². The van der Waals surface area contributed by atoms with Crippen LogP contribution in [-0.2, 0) is 4.79 Å². The Morgan fingerprint density at radius 1 is 1.67 bits per heavy atom. The molecule has 0 aliphatic carbocycles. The van der Waals surface area contributed by atoms with Gasteiger partial charge in [-0.15, -0.1) is 0 Å². The van der Waals surface area contributed by atoms with Crippen molar-refractivity contribution in [1.82, 2.24) is 0 Å². The molecule has 0 aromatic heterocycles. The SMILES string of the molecule is CCC(=O)Nc1c[c]c(Cl)cc1. The van der Waals surface area contributed by atoms with Gasteiger partial charge < -0.3 is 5.32 Å². The summed E-state index contributed by atoms with van der Waals surface area (Å²) in [6.07, 6.45) is 0.475. The highest BCUT2D eigenvalue weighted by Gasteiger charge is 1.97. The minimum atomic E-state index is -0.00859. The summed E-state index contributed by atoms with van der Waals surface area (Å²) in [6.45, 7) is 1.80. The van der Waals surface area contributed by atoms with E-state index < -0.39 is 0 Å². The summed E-state index contributed by atoms with van der Waals surface area (Å²) in [7, 11) is 0. The number of anilines is 1. The van der Waals surface area contributed by atoms with Crippen molar-refractivity contribution < 1.29 is 4.79 Å². The molecule has 0 heterocycles. The number of hydrogen-bond acceptors (Lipinski definition) is 1. The Hall–Kier alpha value is -1.02. The Labute approximate surface area is 76.5 Å². The van der Waals surface area contributed by atoms with Crippen LogP contribution in [-0.4, -0.2) is 5.91 Å². The molecule has 0 atom stereocenters. The van der Waals surface area contributed by atoms with E-state index in [1.165, 1.54) is 0 Å². The molecule has 0 aliphatic heterocycles. The number of rotatable bonds is 2. The summed E-state index contributed by atoms with van der Waals surface area (Å²) in [5.41, 5.74) is 0.728. The van der Waals surface area contributed by atoms with E-state index in [1.54, 1.807) is 25.1 Å². The fourth-order valence-corrected chi connectivity index (χ4v) is 0.851. The summed E-state index contributed by atoms with van der Waals surface area (Å²) in [6, 6.07) is 7.86. The Morgan fingerprint density at radius 2 is 2.42 bits per heavy atom. The second-order valence-electron chi connectivity index (χ2n) is 2.33. The van der Waals surface area contributed by atoms with Crippen molar-refractivity contribution in [2.24, 2.45) is 0 Å². The van der Waals surface area contributed by atoms with Crippen LogP contribution < -0.4 is 5.32 Å². The lowest BCUT2D eigenvalue weighted by atomic mass is 10.3. The topological polar surface area (TPSA) is 29.1 Å². The van der Waals surface area contributed by atoms with Crippen LogP contribution in [0.3, 0.4) is 0 Å². The standard InChI is InChI=1S/C9H9ClNO/c1-2-9(12)11-8-5-3-7(10)4-6-8/h3,5-6H,2H2,1H3,(H,11,12). The van der Waals surface area contributed by atoms with Crippen LogP contribution in [0.5, 0.6) is 0 Å². The highest BCUT2D eigenvalue weighted by atomic mass is 35.5. The van der Waals surface area contributed by atoms with Gasteiger partial charge in [0.2, 0.25) is 5.91 Å². The van der Waals surface area contributed by atoms with Crippen molar-refractivity contribution in [3.8, 4) is 0 Å². The summed E-state index contributed by atoms with van der Waals surface area (Å²) >= 11 is 5.61. The monoisotopic (exact) mass is 182 g/mol. The molecule has 0 bridgehead atoms. The molecule has 3 heteroatoms. The number of amides is 1. The zero-order valence-corrected chi connectivity index (χ0v) is 7.48. The molecule has 2 nitrogen and oxygen atoms in total. The number of carbonyl (C=O) groups is 1. The maximum absolute atomic E-state index is 10.9. The summed E-state index contributed by atoms with van der Waals surface area (Å²) in [4.78, 5) is 10.9. The van der Waals surface area contributed by atoms with Crippen LogP contribution in [0.25, 0.3) is 0 Å². The third-order valence-corrected chi connectivity index (χ3v) is 1.61. The zero-order valence-electron chi connectivity index (χ0n) is 6.73. The molecule has 0 fully saturated rings. The molecule has 0 saturated heterocycles. The summed E-state index contributed by atoms with van der Waals surface area (Å²) in [5, 5.41) is 3.24. The lowest BCUT2D eigenvalue weighted by Crippen LogP contribution is -2.08. The smallest absolute Gasteiger partial charge is 0.224 e. The first-order valence-electron chi connectivity index (χ1n) is 3.69. The van der Waals surface area contributed by atoms with Crippen LogP contribution in [0.2, 0.25) is 5.02 Å². The molecule has 0 saturated carbocycles. The highest BCUT2D eigenvalue weighted by molar-refractivity contribution is 6.30. The molecular formula is C9H9ClNO. The Bertz CT molecular complexity index is 268. The predicted molar refractivity (Wildman–Crippen MR) is 49.2 cm³/mol. The first kappa shape index (κ1) is 9.07. The Morgan fingerprint density at radius 3 is 2.92 bits per heavy atom. The average molecular weight is 183 g/mol. The van der Waals surface area contributed by atoms with Gasteiger partial charge in [-0.25, -0.2) is 0 Å². The van der Waals surface area contributed by atoms with Crippen molar-refractivity contribution in [1.29, 1.82) is 0 Å². The summed E-state index contributed by atoms with van der Waals surface area (Å²) < 4.78 is 0. The lowest BCUT2D eigenvalue weighted by molar-refractivity contribution is -0.115. The van der Waals surface area contributed by atoms with Crippen LogP contribution >= 0.6 is 11.6 Å². The van der Waals surface area contributed by atoms with Crippen LogP contribution in [0, 0.1) is 6.07 Å². The largest absolute Gasteiger partial charge is 0.326 e. The number of hydrogen-bond donors (Lipinski definition) is 1. The van der Waals surface area contributed by atoms with Crippen LogP contribution in [0.4, 0.5) is 5.69 Å². The van der Waals surface area contributed by atoms with Crippen LogP contribution in [0.1, 0.15) is 13.3 Å². The van der Waals surface area contributed by atoms with Gasteiger partial charge in [-0.2, -0.15) is 0 Å². The van der Waals surface area contributed by atoms with Crippen molar-refractivity contribution in [3.05, 3.63) is 29.3 Å². The van der Waals surface area contributed by atoms with E-state index in [0.29, 0.717) is 11.4 Å². The van der Waals surface area contributed by atoms with Gasteiger partial charge in [0.1, 0.15) is 0 Å². The molecule has 1 aromatic rings. The summed E-state index contributed by atoms with van der Waals surface area (Å²) in [5.74, 6) is -0.00859. The molecule has 1 N–H and O–H groups in total. The van der Waals surface area contributed by atoms with Gasteiger partial charge in [0.05, 0.1) is 0 Å². The maximum Gasteiger partial charge on any atom is 0.224 e. The van der Waals surface area contributed by atoms with E-state index in [4.69, 9.17) is 11.6 Å². The minimum Gasteiger partial charge on any atom is -0.326 e. The van der Waals surface area contributed by atoms with Crippen molar-refractivity contribution in [2.45, 2.75) is 13.3 Å². The predicted octanol–water partition coefficient (Wildman–Crippen LogP) is 2.49. The van der Waals surface area contributed by atoms with Gasteiger partial charge in [-0.05, 0) is 18.2 Å². The molecule has 0 aliphatic rings. The molecule has 0 unspecified atom stereocenters. The quantitative estimate of drug-likeness (QED) is 0.748. The fourth-order valence-electron chi connectivity index (χ4n) is 0.733. The Balaban J connectivity index is 2.64. The molecule has 63 valence electrons. The highest BCUT2D eigenvalue weighted by Crippen LogP contribution is 2.12. The average Bonchev–Trinajstić information content (AvgIpc) is 2.09. The number of carbonyl (C=O) groups excluding carboxylic acids is 1. The second kappa shape index (κ2) is 4.12. The molecule has 0 spiro atoms. The molecule has 1 amide bonds.